The van der Waals surface area contributed by atoms with Gasteiger partial charge >= 0.3 is 0 Å². The maximum atomic E-state index is 10.6. The van der Waals surface area contributed by atoms with Crippen LogP contribution >= 0.6 is 0 Å². The molecule has 0 bridgehead atoms. The second-order valence-electron chi connectivity index (χ2n) is 6.51. The summed E-state index contributed by atoms with van der Waals surface area (Å²) in [6, 6.07) is 12.6. The molecule has 0 fully saturated rings. The number of hydrogen-bond donors (Lipinski definition) is 1. The van der Waals surface area contributed by atoms with Crippen molar-refractivity contribution in [1.82, 2.24) is 24.6 Å². The quantitative estimate of drug-likeness (QED) is 0.793. The molecule has 6 heteroatoms. The third-order valence-corrected chi connectivity index (χ3v) is 4.83. The molecule has 1 N–H and O–H groups in total. The third-order valence-electron chi connectivity index (χ3n) is 4.83. The van der Waals surface area contributed by atoms with Gasteiger partial charge in [0.1, 0.15) is 0 Å². The van der Waals surface area contributed by atoms with E-state index in [1.165, 1.54) is 10.2 Å². The maximum Gasteiger partial charge on any atom is 0.253 e. The molecule has 0 radical (unpaired) electrons. The number of rotatable bonds is 4. The predicted octanol–water partition coefficient (Wildman–Crippen LogP) is 2.36. The summed E-state index contributed by atoms with van der Waals surface area (Å²) in [4.78, 5) is 10.7. The Morgan fingerprint density at radius 2 is 1.92 bits per heavy atom. The molecular formula is C19H21N5O. The lowest BCUT2D eigenvalue weighted by molar-refractivity contribution is 0.212. The van der Waals surface area contributed by atoms with Crippen LogP contribution in [0.3, 0.4) is 0 Å². The zero-order chi connectivity index (χ0) is 17.2. The minimum atomic E-state index is 0.166. The van der Waals surface area contributed by atoms with E-state index in [1.807, 2.05) is 6.07 Å². The Morgan fingerprint density at radius 1 is 1.16 bits per heavy atom. The fraction of sp³-hybridized carbons (Fsp3) is 0.316. The molecule has 128 valence electrons. The summed E-state index contributed by atoms with van der Waals surface area (Å²) in [5.74, 6) is 0.572. The largest absolute Gasteiger partial charge is 0.493 e. The zero-order valence-corrected chi connectivity index (χ0v) is 14.2. The molecule has 1 atom stereocenters. The average molecular weight is 335 g/mol. The van der Waals surface area contributed by atoms with Crippen LogP contribution in [0.2, 0.25) is 0 Å². The van der Waals surface area contributed by atoms with Gasteiger partial charge in [-0.15, -0.1) is 0 Å². The van der Waals surface area contributed by atoms with Gasteiger partial charge in [-0.2, -0.15) is 9.78 Å². The number of benzene rings is 1. The zero-order valence-electron chi connectivity index (χ0n) is 14.2. The molecule has 1 unspecified atom stereocenters. The van der Waals surface area contributed by atoms with Crippen molar-refractivity contribution in [1.29, 1.82) is 0 Å². The van der Waals surface area contributed by atoms with E-state index >= 15 is 0 Å². The Kier molecular flexibility index (Phi) is 4.19. The van der Waals surface area contributed by atoms with E-state index in [9.17, 15) is 5.11 Å². The number of nitrogens with zero attached hydrogens (tertiary/aromatic N) is 5. The Labute approximate surface area is 146 Å². The fourth-order valence-electron chi connectivity index (χ4n) is 3.45. The van der Waals surface area contributed by atoms with Gasteiger partial charge in [-0.1, -0.05) is 30.3 Å². The fourth-order valence-corrected chi connectivity index (χ4v) is 3.45. The maximum absolute atomic E-state index is 10.6. The topological polar surface area (TPSA) is 67.1 Å². The number of aromatic nitrogens is 4. The molecule has 0 saturated carbocycles. The first-order valence-corrected chi connectivity index (χ1v) is 8.53. The molecule has 6 nitrogen and oxygen atoms in total. The van der Waals surface area contributed by atoms with Gasteiger partial charge in [0.05, 0.1) is 5.69 Å². The van der Waals surface area contributed by atoms with Gasteiger partial charge in [0.25, 0.3) is 5.95 Å². The first-order valence-electron chi connectivity index (χ1n) is 8.53. The second kappa shape index (κ2) is 6.64. The Bertz CT molecular complexity index is 847. The van der Waals surface area contributed by atoms with Gasteiger partial charge in [0.15, 0.2) is 0 Å². The van der Waals surface area contributed by atoms with Crippen molar-refractivity contribution in [3.8, 4) is 11.8 Å². The molecule has 4 rings (SSSR count). The Hall–Kier alpha value is -2.73. The van der Waals surface area contributed by atoms with E-state index < -0.39 is 0 Å². The highest BCUT2D eigenvalue weighted by Crippen LogP contribution is 2.31. The molecule has 0 spiro atoms. The molecule has 0 aliphatic heterocycles. The molecule has 1 aliphatic rings. The lowest BCUT2D eigenvalue weighted by atomic mass is 9.92. The summed E-state index contributed by atoms with van der Waals surface area (Å²) in [7, 11) is 2.14. The Morgan fingerprint density at radius 3 is 2.68 bits per heavy atom. The monoisotopic (exact) mass is 335 g/mol. The number of fused-ring (bicyclic) bond motifs is 1. The van der Waals surface area contributed by atoms with Gasteiger partial charge in [-0.3, -0.25) is 4.90 Å². The van der Waals surface area contributed by atoms with E-state index in [-0.39, 0.29) is 5.88 Å². The number of aryl methyl sites for hydroxylation is 1. The predicted molar refractivity (Wildman–Crippen MR) is 94.5 cm³/mol. The SMILES string of the molecule is CN(Cc1ccccc1)C1CCc2nn(-c3ncccn3)c(O)c2C1. The number of likely N-dealkylation sites (N-methyl/N-ethyl adjacent to an activating group) is 1. The molecular weight excluding hydrogens is 314 g/mol. The van der Waals surface area contributed by atoms with Crippen molar-refractivity contribution in [2.24, 2.45) is 0 Å². The van der Waals surface area contributed by atoms with E-state index in [2.05, 4.69) is 51.3 Å². The molecule has 1 aliphatic carbocycles. The molecule has 2 aromatic heterocycles. The van der Waals surface area contributed by atoms with Crippen LogP contribution in [0.25, 0.3) is 5.95 Å². The van der Waals surface area contributed by atoms with E-state index in [0.29, 0.717) is 12.0 Å². The average Bonchev–Trinajstić information content (AvgIpc) is 2.99. The van der Waals surface area contributed by atoms with Crippen molar-refractivity contribution in [2.45, 2.75) is 31.8 Å². The first kappa shape index (κ1) is 15.8. The van der Waals surface area contributed by atoms with E-state index in [0.717, 1.165) is 37.1 Å². The molecule has 0 saturated heterocycles. The second-order valence-corrected chi connectivity index (χ2v) is 6.51. The summed E-state index contributed by atoms with van der Waals surface area (Å²) in [6.07, 6.45) is 5.98. The van der Waals surface area contributed by atoms with Crippen molar-refractivity contribution in [3.05, 3.63) is 65.6 Å². The standard InChI is InChI=1S/C19H21N5O/c1-23(13-14-6-3-2-4-7-14)15-8-9-17-16(12-15)18(25)24(22-17)19-20-10-5-11-21-19/h2-7,10-11,15,25H,8-9,12-13H2,1H3. The highest BCUT2D eigenvalue weighted by Gasteiger charge is 2.29. The van der Waals surface area contributed by atoms with Crippen molar-refractivity contribution < 1.29 is 5.11 Å². The van der Waals surface area contributed by atoms with Gasteiger partial charge in [0.2, 0.25) is 5.88 Å². The molecule has 2 heterocycles. The lowest BCUT2D eigenvalue weighted by Crippen LogP contribution is -2.35. The van der Waals surface area contributed by atoms with Crippen LogP contribution in [0, 0.1) is 0 Å². The molecule has 0 amide bonds. The molecule has 25 heavy (non-hydrogen) atoms. The summed E-state index contributed by atoms with van der Waals surface area (Å²) in [6.45, 7) is 0.900. The number of hydrogen-bond acceptors (Lipinski definition) is 5. The van der Waals surface area contributed by atoms with Crippen molar-refractivity contribution in [3.63, 3.8) is 0 Å². The van der Waals surface area contributed by atoms with Gasteiger partial charge in [0, 0.05) is 30.5 Å². The van der Waals surface area contributed by atoms with Crippen molar-refractivity contribution in [2.75, 3.05) is 7.05 Å². The van der Waals surface area contributed by atoms with Gasteiger partial charge in [-0.25, -0.2) is 9.97 Å². The van der Waals surface area contributed by atoms with E-state index in [1.54, 1.807) is 18.5 Å². The molecule has 3 aromatic rings. The first-order chi connectivity index (χ1) is 12.2. The van der Waals surface area contributed by atoms with Crippen molar-refractivity contribution >= 4 is 0 Å². The van der Waals surface area contributed by atoms with Crippen LogP contribution in [-0.4, -0.2) is 42.8 Å². The smallest absolute Gasteiger partial charge is 0.253 e. The van der Waals surface area contributed by atoms with Crippen LogP contribution in [0.5, 0.6) is 5.88 Å². The molecule has 1 aromatic carbocycles. The Balaban J connectivity index is 1.54. The minimum absolute atomic E-state index is 0.166. The third kappa shape index (κ3) is 3.13. The normalized spacial score (nSPS) is 16.8. The van der Waals surface area contributed by atoms with Gasteiger partial charge in [-0.05, 0) is 37.9 Å². The minimum Gasteiger partial charge on any atom is -0.493 e. The van der Waals surface area contributed by atoms with E-state index in [4.69, 9.17) is 0 Å². The van der Waals surface area contributed by atoms with Crippen LogP contribution in [0.15, 0.2) is 48.8 Å². The summed E-state index contributed by atoms with van der Waals surface area (Å²) >= 11 is 0. The van der Waals surface area contributed by atoms with Gasteiger partial charge < -0.3 is 5.11 Å². The van der Waals surface area contributed by atoms with Crippen LogP contribution in [0.1, 0.15) is 23.2 Å². The van der Waals surface area contributed by atoms with Crippen LogP contribution in [0.4, 0.5) is 0 Å². The van der Waals surface area contributed by atoms with Crippen LogP contribution in [-0.2, 0) is 19.4 Å². The highest BCUT2D eigenvalue weighted by molar-refractivity contribution is 5.37. The highest BCUT2D eigenvalue weighted by atomic mass is 16.3. The lowest BCUT2D eigenvalue weighted by Gasteiger charge is -2.30. The summed E-state index contributed by atoms with van der Waals surface area (Å²) in [5, 5.41) is 15.1. The number of aromatic hydroxyl groups is 1. The summed E-state index contributed by atoms with van der Waals surface area (Å²) in [5.41, 5.74) is 3.17. The van der Waals surface area contributed by atoms with Crippen LogP contribution < -0.4 is 0 Å². The summed E-state index contributed by atoms with van der Waals surface area (Å²) < 4.78 is 1.45.